The van der Waals surface area contributed by atoms with E-state index in [0.717, 1.165) is 32.1 Å². The molecular formula is C18H24N2O5. The zero-order chi connectivity index (χ0) is 18.2. The van der Waals surface area contributed by atoms with Crippen molar-refractivity contribution in [2.75, 3.05) is 13.2 Å². The van der Waals surface area contributed by atoms with E-state index in [1.807, 2.05) is 0 Å². The Morgan fingerprint density at radius 3 is 2.64 bits per heavy atom. The van der Waals surface area contributed by atoms with Crippen LogP contribution < -0.4 is 0 Å². The van der Waals surface area contributed by atoms with Crippen LogP contribution in [0.15, 0.2) is 24.3 Å². The molecule has 2 rings (SSSR count). The van der Waals surface area contributed by atoms with Gasteiger partial charge in [0.2, 0.25) is 0 Å². The molecule has 0 bridgehead atoms. The highest BCUT2D eigenvalue weighted by Crippen LogP contribution is 2.25. The summed E-state index contributed by atoms with van der Waals surface area (Å²) >= 11 is 0. The average molecular weight is 348 g/mol. The van der Waals surface area contributed by atoms with Crippen LogP contribution in [0.4, 0.5) is 5.69 Å². The first-order valence-corrected chi connectivity index (χ1v) is 8.74. The molecule has 7 heteroatoms. The number of benzene rings is 1. The second-order valence-corrected chi connectivity index (χ2v) is 6.15. The zero-order valence-electron chi connectivity index (χ0n) is 14.5. The van der Waals surface area contributed by atoms with Gasteiger partial charge in [-0.1, -0.05) is 25.3 Å². The van der Waals surface area contributed by atoms with E-state index < -0.39 is 4.92 Å². The first kappa shape index (κ1) is 18.9. The Balaban J connectivity index is 2.17. The number of carbonyl (C=O) groups excluding carboxylic acids is 2. The van der Waals surface area contributed by atoms with Gasteiger partial charge in [-0.2, -0.15) is 0 Å². The van der Waals surface area contributed by atoms with Crippen molar-refractivity contribution < 1.29 is 19.2 Å². The number of carbonyl (C=O) groups is 2. The summed E-state index contributed by atoms with van der Waals surface area (Å²) in [5.74, 6) is -0.602. The van der Waals surface area contributed by atoms with Crippen molar-refractivity contribution >= 4 is 17.6 Å². The fourth-order valence-electron chi connectivity index (χ4n) is 3.21. The van der Waals surface area contributed by atoms with Gasteiger partial charge in [-0.05, 0) is 25.8 Å². The number of nitro groups is 1. The van der Waals surface area contributed by atoms with Gasteiger partial charge in [0.25, 0.3) is 11.6 Å². The minimum Gasteiger partial charge on any atom is -0.466 e. The third kappa shape index (κ3) is 5.27. The second-order valence-electron chi connectivity index (χ2n) is 6.15. The molecule has 1 aromatic carbocycles. The van der Waals surface area contributed by atoms with Crippen molar-refractivity contribution in [3.8, 4) is 0 Å². The maximum atomic E-state index is 12.9. The summed E-state index contributed by atoms with van der Waals surface area (Å²) in [7, 11) is 0. The predicted octanol–water partition coefficient (Wildman–Crippen LogP) is 3.32. The molecule has 0 spiro atoms. The van der Waals surface area contributed by atoms with Gasteiger partial charge in [0, 0.05) is 30.3 Å². The first-order chi connectivity index (χ1) is 12.0. The third-order valence-electron chi connectivity index (χ3n) is 4.44. The van der Waals surface area contributed by atoms with E-state index in [9.17, 15) is 19.7 Å². The highest BCUT2D eigenvalue weighted by atomic mass is 16.6. The van der Waals surface area contributed by atoms with Gasteiger partial charge in [0.1, 0.15) is 0 Å². The summed E-state index contributed by atoms with van der Waals surface area (Å²) in [6, 6.07) is 5.81. The quantitative estimate of drug-likeness (QED) is 0.428. The standard InChI is InChI=1S/C18H24N2O5/c1-2-25-17(21)11-12-19(15-8-4-3-5-9-15)18(22)14-7-6-10-16(13-14)20(23)24/h6-7,10,13,15H,2-5,8-9,11-12H2,1H3. The number of amides is 1. The molecule has 0 radical (unpaired) electrons. The molecule has 1 aliphatic rings. The van der Waals surface area contributed by atoms with Gasteiger partial charge < -0.3 is 9.64 Å². The Labute approximate surface area is 147 Å². The lowest BCUT2D eigenvalue weighted by molar-refractivity contribution is -0.384. The van der Waals surface area contributed by atoms with Crippen LogP contribution in [0.5, 0.6) is 0 Å². The highest BCUT2D eigenvalue weighted by molar-refractivity contribution is 5.95. The maximum absolute atomic E-state index is 12.9. The molecule has 0 saturated heterocycles. The summed E-state index contributed by atoms with van der Waals surface area (Å²) in [5.41, 5.74) is 0.170. The summed E-state index contributed by atoms with van der Waals surface area (Å²) in [6.45, 7) is 2.32. The zero-order valence-corrected chi connectivity index (χ0v) is 14.5. The SMILES string of the molecule is CCOC(=O)CCN(C(=O)c1cccc([N+](=O)[O-])c1)C1CCCCC1. The normalized spacial score (nSPS) is 14.8. The van der Waals surface area contributed by atoms with Crippen LogP contribution in [0, 0.1) is 10.1 Å². The predicted molar refractivity (Wildman–Crippen MR) is 92.3 cm³/mol. The molecule has 1 amide bonds. The lowest BCUT2D eigenvalue weighted by Gasteiger charge is -2.34. The first-order valence-electron chi connectivity index (χ1n) is 8.74. The van der Waals surface area contributed by atoms with Crippen molar-refractivity contribution in [3.63, 3.8) is 0 Å². The molecule has 136 valence electrons. The van der Waals surface area contributed by atoms with Crippen LogP contribution in [-0.2, 0) is 9.53 Å². The molecule has 1 fully saturated rings. The fraction of sp³-hybridized carbons (Fsp3) is 0.556. The van der Waals surface area contributed by atoms with Gasteiger partial charge in [-0.3, -0.25) is 19.7 Å². The number of ether oxygens (including phenoxy) is 1. The van der Waals surface area contributed by atoms with Crippen molar-refractivity contribution in [3.05, 3.63) is 39.9 Å². The molecule has 0 unspecified atom stereocenters. The Bertz CT molecular complexity index is 626. The maximum Gasteiger partial charge on any atom is 0.307 e. The van der Waals surface area contributed by atoms with E-state index in [1.54, 1.807) is 17.9 Å². The van der Waals surface area contributed by atoms with E-state index in [4.69, 9.17) is 4.74 Å². The van der Waals surface area contributed by atoms with E-state index >= 15 is 0 Å². The van der Waals surface area contributed by atoms with Crippen LogP contribution in [0.25, 0.3) is 0 Å². The Kier molecular flexibility index (Phi) is 6.91. The number of hydrogen-bond acceptors (Lipinski definition) is 5. The molecular weight excluding hydrogens is 324 g/mol. The largest absolute Gasteiger partial charge is 0.466 e. The monoisotopic (exact) mass is 348 g/mol. The van der Waals surface area contributed by atoms with Crippen molar-refractivity contribution in [1.82, 2.24) is 4.90 Å². The molecule has 1 saturated carbocycles. The van der Waals surface area contributed by atoms with E-state index in [2.05, 4.69) is 0 Å². The summed E-state index contributed by atoms with van der Waals surface area (Å²) in [6.07, 6.45) is 5.15. The van der Waals surface area contributed by atoms with Crippen molar-refractivity contribution in [2.24, 2.45) is 0 Å². The fourth-order valence-corrected chi connectivity index (χ4v) is 3.21. The smallest absolute Gasteiger partial charge is 0.307 e. The molecule has 1 aromatic rings. The van der Waals surface area contributed by atoms with Crippen LogP contribution in [0.1, 0.15) is 55.8 Å². The summed E-state index contributed by atoms with van der Waals surface area (Å²) in [5, 5.41) is 11.0. The lowest BCUT2D eigenvalue weighted by Crippen LogP contribution is -2.42. The Morgan fingerprint density at radius 1 is 1.28 bits per heavy atom. The summed E-state index contributed by atoms with van der Waals surface area (Å²) < 4.78 is 4.95. The number of nitro benzene ring substituents is 1. The summed E-state index contributed by atoms with van der Waals surface area (Å²) in [4.78, 5) is 36.8. The number of rotatable bonds is 7. The van der Waals surface area contributed by atoms with Crippen molar-refractivity contribution in [2.45, 2.75) is 51.5 Å². The molecule has 0 atom stereocenters. The number of hydrogen-bond donors (Lipinski definition) is 0. The second kappa shape index (κ2) is 9.15. The van der Waals surface area contributed by atoms with Crippen LogP contribution in [-0.4, -0.2) is 40.9 Å². The van der Waals surface area contributed by atoms with Crippen LogP contribution in [0.2, 0.25) is 0 Å². The molecule has 0 heterocycles. The van der Waals surface area contributed by atoms with Gasteiger partial charge in [-0.25, -0.2) is 0 Å². The number of nitrogens with zero attached hydrogens (tertiary/aromatic N) is 2. The van der Waals surface area contributed by atoms with Crippen LogP contribution in [0.3, 0.4) is 0 Å². The molecule has 0 N–H and O–H groups in total. The van der Waals surface area contributed by atoms with E-state index in [-0.39, 0.29) is 42.1 Å². The van der Waals surface area contributed by atoms with Gasteiger partial charge in [-0.15, -0.1) is 0 Å². The Morgan fingerprint density at radius 2 is 2.00 bits per heavy atom. The molecule has 25 heavy (non-hydrogen) atoms. The molecule has 0 aliphatic heterocycles. The number of non-ortho nitro benzene ring substituents is 1. The van der Waals surface area contributed by atoms with E-state index in [0.29, 0.717) is 6.61 Å². The number of esters is 1. The lowest BCUT2D eigenvalue weighted by atomic mass is 9.93. The van der Waals surface area contributed by atoms with Gasteiger partial charge in [0.05, 0.1) is 18.0 Å². The molecule has 0 aromatic heterocycles. The molecule has 1 aliphatic carbocycles. The van der Waals surface area contributed by atoms with Gasteiger partial charge in [0.15, 0.2) is 0 Å². The average Bonchev–Trinajstić information content (AvgIpc) is 2.63. The highest BCUT2D eigenvalue weighted by Gasteiger charge is 2.27. The Hall–Kier alpha value is -2.44. The van der Waals surface area contributed by atoms with Crippen LogP contribution >= 0.6 is 0 Å². The minimum atomic E-state index is -0.514. The third-order valence-corrected chi connectivity index (χ3v) is 4.44. The topological polar surface area (TPSA) is 89.8 Å². The van der Waals surface area contributed by atoms with Gasteiger partial charge >= 0.3 is 5.97 Å². The minimum absolute atomic E-state index is 0.0648. The van der Waals surface area contributed by atoms with E-state index in [1.165, 1.54) is 18.2 Å². The van der Waals surface area contributed by atoms with Crippen molar-refractivity contribution in [1.29, 1.82) is 0 Å². The molecule has 7 nitrogen and oxygen atoms in total.